The quantitative estimate of drug-likeness (QED) is 0.370. The van der Waals surface area contributed by atoms with E-state index in [4.69, 9.17) is 11.6 Å². The predicted molar refractivity (Wildman–Crippen MR) is 34.0 cm³/mol. The van der Waals surface area contributed by atoms with Crippen LogP contribution in [0.3, 0.4) is 0 Å². The number of carbonyl (C=O) groups is 1. The molecule has 0 atom stereocenters. The Bertz CT molecular complexity index is 78.9. The largest absolute Gasteiger partial charge is 0.283 e. The molecule has 0 fully saturated rings. The fourth-order valence-electron chi connectivity index (χ4n) is 0.0495. The summed E-state index contributed by atoms with van der Waals surface area (Å²) in [7, 11) is 0. The average molecular weight is 216 g/mol. The Morgan fingerprint density at radius 2 is 2.33 bits per heavy atom. The minimum Gasteiger partial charge on any atom is -0.283 e. The molecule has 0 N–H and O–H groups in total. The molecule has 0 heterocycles. The Morgan fingerprint density at radius 3 is 2.33 bits per heavy atom. The molecule has 0 unspecified atom stereocenters. The lowest BCUT2D eigenvalue weighted by atomic mass is 10.7. The van der Waals surface area contributed by atoms with Gasteiger partial charge in [0.15, 0.2) is 0 Å². The molecule has 0 saturated carbocycles. The van der Waals surface area contributed by atoms with Crippen LogP contribution in [0.4, 0.5) is 0 Å². The molecule has 34 valence electrons. The zero-order valence-corrected chi connectivity index (χ0v) is 5.73. The molecular weight excluding hydrogens is 214 g/mol. The first kappa shape index (κ1) is 6.43. The summed E-state index contributed by atoms with van der Waals surface area (Å²) in [5, 5.41) is 0. The van der Waals surface area contributed by atoms with E-state index in [-0.39, 0.29) is 3.79 Å². The maximum Gasteiger partial charge on any atom is 0.216 e. The topological polar surface area (TPSA) is 17.1 Å². The normalized spacial score (nSPS) is 9.67. The number of halogens is 2. The lowest BCUT2D eigenvalue weighted by molar-refractivity contribution is -0.105. The molecule has 0 aromatic rings. The fourth-order valence-corrected chi connectivity index (χ4v) is 0.556. The van der Waals surface area contributed by atoms with Gasteiger partial charge in [-0.3, -0.25) is 4.79 Å². The first-order chi connectivity index (χ1) is 2.77. The summed E-state index contributed by atoms with van der Waals surface area (Å²) in [6, 6.07) is 0. The predicted octanol–water partition coefficient (Wildman–Crippen LogP) is 1.70. The molecule has 0 bridgehead atoms. The van der Waals surface area contributed by atoms with E-state index in [0.717, 1.165) is 0 Å². The van der Waals surface area contributed by atoms with Crippen LogP contribution >= 0.6 is 34.2 Å². The molecule has 0 rings (SSSR count). The second kappa shape index (κ2) is 3.61. The maximum absolute atomic E-state index is 9.86. The van der Waals surface area contributed by atoms with Gasteiger partial charge in [0.1, 0.15) is 0 Å². The van der Waals surface area contributed by atoms with Crippen molar-refractivity contribution >= 4 is 38.0 Å². The van der Waals surface area contributed by atoms with Crippen LogP contribution in [0, 0.1) is 0 Å². The van der Waals surface area contributed by atoms with Crippen molar-refractivity contribution in [2.45, 2.75) is 0 Å². The second-order valence-electron chi connectivity index (χ2n) is 0.597. The Kier molecular flexibility index (Phi) is 3.87. The van der Waals surface area contributed by atoms with Crippen molar-refractivity contribution in [1.82, 2.24) is 0 Å². The van der Waals surface area contributed by atoms with Crippen molar-refractivity contribution in [3.8, 4) is 0 Å². The van der Waals surface area contributed by atoms with Gasteiger partial charge in [0.05, 0.1) is 0 Å². The fraction of sp³-hybridized carbons (Fsp3) is 0. The lowest BCUT2D eigenvalue weighted by Gasteiger charge is -1.64. The molecule has 6 heavy (non-hydrogen) atoms. The molecular formula is C3H2ClIO. The third-order valence-electron chi connectivity index (χ3n) is 0.194. The molecule has 0 saturated heterocycles. The van der Waals surface area contributed by atoms with Gasteiger partial charge in [0, 0.05) is 34.2 Å². The molecule has 0 aliphatic rings. The van der Waals surface area contributed by atoms with Gasteiger partial charge in [-0.05, 0) is 0 Å². The van der Waals surface area contributed by atoms with E-state index in [2.05, 4.69) is 0 Å². The summed E-state index contributed by atoms with van der Waals surface area (Å²) < 4.78 is -0.0531. The number of carbonyl (C=O) groups excluding carboxylic acids is 1. The highest BCUT2D eigenvalue weighted by atomic mass is 127. The summed E-state index contributed by atoms with van der Waals surface area (Å²) >= 11 is 6.62. The molecule has 0 amide bonds. The van der Waals surface area contributed by atoms with Crippen molar-refractivity contribution in [2.75, 3.05) is 0 Å². The van der Waals surface area contributed by atoms with E-state index in [1.807, 2.05) is 0 Å². The minimum atomic E-state index is -0.0531. The Hall–Kier alpha value is 0.430. The van der Waals surface area contributed by atoms with E-state index in [1.165, 1.54) is 11.6 Å². The van der Waals surface area contributed by atoms with E-state index in [9.17, 15) is 4.79 Å². The maximum atomic E-state index is 9.86. The van der Waals surface area contributed by atoms with Crippen molar-refractivity contribution in [3.63, 3.8) is 0 Å². The Labute approximate surface area is 54.5 Å². The standard InChI is InChI=1S/C3H2ClIO/c4-2-1-3(5)6/h1-2H/b2-1+. The van der Waals surface area contributed by atoms with Crippen molar-refractivity contribution < 1.29 is 4.79 Å². The third-order valence-corrected chi connectivity index (χ3v) is 0.680. The molecule has 0 aliphatic heterocycles. The summed E-state index contributed by atoms with van der Waals surface area (Å²) in [6.45, 7) is 0. The van der Waals surface area contributed by atoms with E-state index in [0.29, 0.717) is 0 Å². The molecule has 3 heteroatoms. The average Bonchev–Trinajstić information content (AvgIpc) is 1.35. The molecule has 0 aromatic heterocycles. The molecule has 0 radical (unpaired) electrons. The van der Waals surface area contributed by atoms with E-state index < -0.39 is 0 Å². The zero-order valence-electron chi connectivity index (χ0n) is 2.82. The van der Waals surface area contributed by atoms with Crippen LogP contribution in [0.25, 0.3) is 0 Å². The SMILES string of the molecule is O=C(I)/C=C/Cl. The molecule has 0 aliphatic carbocycles. The van der Waals surface area contributed by atoms with E-state index >= 15 is 0 Å². The summed E-state index contributed by atoms with van der Waals surface area (Å²) in [6.07, 6.45) is 1.28. The zero-order chi connectivity index (χ0) is 4.99. The summed E-state index contributed by atoms with van der Waals surface area (Å²) in [5.74, 6) is 0. The number of rotatable bonds is 1. The van der Waals surface area contributed by atoms with Gasteiger partial charge >= 0.3 is 0 Å². The smallest absolute Gasteiger partial charge is 0.216 e. The summed E-state index contributed by atoms with van der Waals surface area (Å²) in [4.78, 5) is 9.86. The van der Waals surface area contributed by atoms with Gasteiger partial charge in [-0.15, -0.1) is 0 Å². The molecule has 1 nitrogen and oxygen atoms in total. The first-order valence-electron chi connectivity index (χ1n) is 1.23. The summed E-state index contributed by atoms with van der Waals surface area (Å²) in [5.41, 5.74) is 1.19. The van der Waals surface area contributed by atoms with Crippen LogP contribution in [-0.2, 0) is 4.79 Å². The number of hydrogen-bond acceptors (Lipinski definition) is 1. The first-order valence-corrected chi connectivity index (χ1v) is 2.75. The van der Waals surface area contributed by atoms with Crippen LogP contribution in [0.1, 0.15) is 0 Å². The van der Waals surface area contributed by atoms with Crippen molar-refractivity contribution in [1.29, 1.82) is 0 Å². The van der Waals surface area contributed by atoms with Gasteiger partial charge in [-0.2, -0.15) is 0 Å². The number of hydrogen-bond donors (Lipinski definition) is 0. The molecule has 0 aromatic carbocycles. The second-order valence-corrected chi connectivity index (χ2v) is 1.91. The highest BCUT2D eigenvalue weighted by Gasteiger charge is 1.77. The van der Waals surface area contributed by atoms with E-state index in [1.54, 1.807) is 22.6 Å². The highest BCUT2D eigenvalue weighted by molar-refractivity contribution is 14.1. The monoisotopic (exact) mass is 216 g/mol. The van der Waals surface area contributed by atoms with Crippen LogP contribution in [0.5, 0.6) is 0 Å². The van der Waals surface area contributed by atoms with Crippen molar-refractivity contribution in [2.24, 2.45) is 0 Å². The Balaban J connectivity index is 3.30. The van der Waals surface area contributed by atoms with Gasteiger partial charge in [0.25, 0.3) is 0 Å². The van der Waals surface area contributed by atoms with Gasteiger partial charge in [-0.1, -0.05) is 11.6 Å². The van der Waals surface area contributed by atoms with Crippen LogP contribution in [-0.4, -0.2) is 3.79 Å². The van der Waals surface area contributed by atoms with Crippen LogP contribution in [0.15, 0.2) is 11.6 Å². The van der Waals surface area contributed by atoms with Gasteiger partial charge < -0.3 is 0 Å². The third kappa shape index (κ3) is 4.43. The number of allylic oxidation sites excluding steroid dienone is 1. The van der Waals surface area contributed by atoms with Crippen LogP contribution < -0.4 is 0 Å². The highest BCUT2D eigenvalue weighted by Crippen LogP contribution is 1.87. The van der Waals surface area contributed by atoms with Gasteiger partial charge in [-0.25, -0.2) is 0 Å². The van der Waals surface area contributed by atoms with Crippen LogP contribution in [0.2, 0.25) is 0 Å². The van der Waals surface area contributed by atoms with Gasteiger partial charge in [0.2, 0.25) is 3.79 Å². The molecule has 0 spiro atoms. The van der Waals surface area contributed by atoms with Crippen molar-refractivity contribution in [3.05, 3.63) is 11.6 Å². The minimum absolute atomic E-state index is 0.0531. The Morgan fingerprint density at radius 1 is 1.83 bits per heavy atom. The lowest BCUT2D eigenvalue weighted by Crippen LogP contribution is -1.67.